The van der Waals surface area contributed by atoms with Gasteiger partial charge in [0.05, 0.1) is 11.2 Å². The van der Waals surface area contributed by atoms with Crippen LogP contribution in [0.1, 0.15) is 21.8 Å². The van der Waals surface area contributed by atoms with Crippen molar-refractivity contribution >= 4 is 23.1 Å². The van der Waals surface area contributed by atoms with Crippen LogP contribution in [0.25, 0.3) is 0 Å². The first-order valence-electron chi connectivity index (χ1n) is 5.62. The maximum Gasteiger partial charge on any atom is 0.0797 e. The van der Waals surface area contributed by atoms with E-state index >= 15 is 0 Å². The Bertz CT molecular complexity index is 506. The lowest BCUT2D eigenvalue weighted by molar-refractivity contribution is 1.08. The SMILES string of the molecule is Cc1ncsc1CCSc1ccnc(C)c1C. The van der Waals surface area contributed by atoms with Gasteiger partial charge in [0.25, 0.3) is 0 Å². The average Bonchev–Trinajstić information content (AvgIpc) is 2.71. The Labute approximate surface area is 111 Å². The number of aromatic nitrogens is 2. The van der Waals surface area contributed by atoms with E-state index in [1.165, 1.54) is 21.0 Å². The highest BCUT2D eigenvalue weighted by Crippen LogP contribution is 2.25. The third kappa shape index (κ3) is 3.07. The van der Waals surface area contributed by atoms with Crippen molar-refractivity contribution in [1.82, 2.24) is 9.97 Å². The third-order valence-corrected chi connectivity index (χ3v) is 4.99. The predicted octanol–water partition coefficient (Wildman–Crippen LogP) is 3.80. The summed E-state index contributed by atoms with van der Waals surface area (Å²) >= 11 is 3.66. The highest BCUT2D eigenvalue weighted by Gasteiger charge is 2.04. The quantitative estimate of drug-likeness (QED) is 0.786. The molecule has 0 saturated carbocycles. The molecule has 0 radical (unpaired) electrons. The van der Waals surface area contributed by atoms with E-state index in [9.17, 15) is 0 Å². The van der Waals surface area contributed by atoms with E-state index in [0.29, 0.717) is 0 Å². The first-order chi connectivity index (χ1) is 8.18. The fourth-order valence-electron chi connectivity index (χ4n) is 1.59. The van der Waals surface area contributed by atoms with Crippen LogP contribution in [0.4, 0.5) is 0 Å². The summed E-state index contributed by atoms with van der Waals surface area (Å²) in [6.45, 7) is 6.29. The van der Waals surface area contributed by atoms with Crippen LogP contribution in [-0.2, 0) is 6.42 Å². The lowest BCUT2D eigenvalue weighted by atomic mass is 10.2. The minimum Gasteiger partial charge on any atom is -0.261 e. The molecule has 0 fully saturated rings. The molecule has 0 aliphatic carbocycles. The van der Waals surface area contributed by atoms with E-state index in [1.54, 1.807) is 11.3 Å². The molecule has 17 heavy (non-hydrogen) atoms. The number of pyridine rings is 1. The molecular formula is C13H16N2S2. The number of hydrogen-bond donors (Lipinski definition) is 0. The van der Waals surface area contributed by atoms with Crippen LogP contribution in [0.15, 0.2) is 22.7 Å². The second-order valence-electron chi connectivity index (χ2n) is 3.98. The topological polar surface area (TPSA) is 25.8 Å². The minimum absolute atomic E-state index is 1.10. The lowest BCUT2D eigenvalue weighted by Crippen LogP contribution is -1.92. The van der Waals surface area contributed by atoms with Gasteiger partial charge in [-0.15, -0.1) is 23.1 Å². The molecule has 0 aliphatic rings. The summed E-state index contributed by atoms with van der Waals surface area (Å²) in [5.74, 6) is 1.10. The number of nitrogens with zero attached hydrogens (tertiary/aromatic N) is 2. The maximum atomic E-state index is 4.29. The summed E-state index contributed by atoms with van der Waals surface area (Å²) in [7, 11) is 0. The maximum absolute atomic E-state index is 4.29. The molecule has 2 nitrogen and oxygen atoms in total. The molecule has 90 valence electrons. The van der Waals surface area contributed by atoms with E-state index < -0.39 is 0 Å². The Hall–Kier alpha value is -0.870. The lowest BCUT2D eigenvalue weighted by Gasteiger charge is -2.06. The fraction of sp³-hybridized carbons (Fsp3) is 0.385. The zero-order chi connectivity index (χ0) is 12.3. The normalized spacial score (nSPS) is 10.8. The van der Waals surface area contributed by atoms with Crippen molar-refractivity contribution in [3.8, 4) is 0 Å². The van der Waals surface area contributed by atoms with Gasteiger partial charge >= 0.3 is 0 Å². The Morgan fingerprint density at radius 2 is 2.00 bits per heavy atom. The highest BCUT2D eigenvalue weighted by molar-refractivity contribution is 7.99. The molecule has 2 aromatic heterocycles. The molecule has 0 atom stereocenters. The van der Waals surface area contributed by atoms with Gasteiger partial charge in [0.15, 0.2) is 0 Å². The summed E-state index contributed by atoms with van der Waals surface area (Å²) < 4.78 is 0. The van der Waals surface area contributed by atoms with Gasteiger partial charge in [-0.3, -0.25) is 4.98 Å². The Balaban J connectivity index is 1.95. The number of thiazole rings is 1. The molecule has 0 bridgehead atoms. The van der Waals surface area contributed by atoms with Gasteiger partial charge in [0.1, 0.15) is 0 Å². The third-order valence-electron chi connectivity index (χ3n) is 2.84. The number of thioether (sulfide) groups is 1. The fourth-order valence-corrected chi connectivity index (χ4v) is 3.55. The zero-order valence-electron chi connectivity index (χ0n) is 10.4. The van der Waals surface area contributed by atoms with Crippen LogP contribution in [0, 0.1) is 20.8 Å². The van der Waals surface area contributed by atoms with Crippen molar-refractivity contribution in [3.05, 3.63) is 39.6 Å². The molecule has 2 aromatic rings. The van der Waals surface area contributed by atoms with Gasteiger partial charge in [-0.25, -0.2) is 4.98 Å². The molecule has 2 heterocycles. The van der Waals surface area contributed by atoms with E-state index in [0.717, 1.165) is 17.9 Å². The molecule has 4 heteroatoms. The van der Waals surface area contributed by atoms with E-state index in [-0.39, 0.29) is 0 Å². The summed E-state index contributed by atoms with van der Waals surface area (Å²) in [6, 6.07) is 2.10. The van der Waals surface area contributed by atoms with Gasteiger partial charge in [0, 0.05) is 27.4 Å². The minimum atomic E-state index is 1.10. The van der Waals surface area contributed by atoms with Gasteiger partial charge in [0.2, 0.25) is 0 Å². The van der Waals surface area contributed by atoms with Gasteiger partial charge in [-0.05, 0) is 38.8 Å². The van der Waals surface area contributed by atoms with Crippen molar-refractivity contribution in [2.45, 2.75) is 32.1 Å². The smallest absolute Gasteiger partial charge is 0.0797 e. The average molecular weight is 264 g/mol. The summed E-state index contributed by atoms with van der Waals surface area (Å²) in [5.41, 5.74) is 5.54. The predicted molar refractivity (Wildman–Crippen MR) is 75.0 cm³/mol. The molecule has 0 unspecified atom stereocenters. The number of hydrogen-bond acceptors (Lipinski definition) is 4. The zero-order valence-corrected chi connectivity index (χ0v) is 12.0. The summed E-state index contributed by atoms with van der Waals surface area (Å²) in [6.07, 6.45) is 2.99. The molecule has 0 aliphatic heterocycles. The van der Waals surface area contributed by atoms with Gasteiger partial charge in [-0.1, -0.05) is 0 Å². The molecule has 0 N–H and O–H groups in total. The Kier molecular flexibility index (Phi) is 4.18. The molecule has 2 rings (SSSR count). The standard InChI is InChI=1S/C13H16N2S2/c1-9-10(2)14-6-4-12(9)16-7-5-13-11(3)15-8-17-13/h4,6,8H,5,7H2,1-3H3. The van der Waals surface area contributed by atoms with E-state index in [2.05, 4.69) is 36.8 Å². The monoisotopic (exact) mass is 264 g/mol. The van der Waals surface area contributed by atoms with Gasteiger partial charge in [-0.2, -0.15) is 0 Å². The largest absolute Gasteiger partial charge is 0.261 e. The second kappa shape index (κ2) is 5.65. The van der Waals surface area contributed by atoms with Crippen molar-refractivity contribution in [3.63, 3.8) is 0 Å². The molecular weight excluding hydrogens is 248 g/mol. The summed E-state index contributed by atoms with van der Waals surface area (Å²) in [5, 5.41) is 0. The molecule has 0 aromatic carbocycles. The summed E-state index contributed by atoms with van der Waals surface area (Å²) in [4.78, 5) is 11.3. The first-order valence-corrected chi connectivity index (χ1v) is 7.49. The Morgan fingerprint density at radius 3 is 2.71 bits per heavy atom. The first kappa shape index (κ1) is 12.6. The van der Waals surface area contributed by atoms with Crippen molar-refractivity contribution in [2.24, 2.45) is 0 Å². The highest BCUT2D eigenvalue weighted by atomic mass is 32.2. The van der Waals surface area contributed by atoms with Gasteiger partial charge < -0.3 is 0 Å². The van der Waals surface area contributed by atoms with Crippen LogP contribution in [0.2, 0.25) is 0 Å². The number of rotatable bonds is 4. The van der Waals surface area contributed by atoms with Crippen LogP contribution in [0.5, 0.6) is 0 Å². The van der Waals surface area contributed by atoms with Crippen LogP contribution >= 0.6 is 23.1 Å². The van der Waals surface area contributed by atoms with Crippen molar-refractivity contribution < 1.29 is 0 Å². The van der Waals surface area contributed by atoms with Crippen molar-refractivity contribution in [1.29, 1.82) is 0 Å². The van der Waals surface area contributed by atoms with Crippen molar-refractivity contribution in [2.75, 3.05) is 5.75 Å². The van der Waals surface area contributed by atoms with Crippen LogP contribution < -0.4 is 0 Å². The van der Waals surface area contributed by atoms with Crippen LogP contribution in [-0.4, -0.2) is 15.7 Å². The number of aryl methyl sites for hydroxylation is 3. The second-order valence-corrected chi connectivity index (χ2v) is 6.05. The Morgan fingerprint density at radius 1 is 1.18 bits per heavy atom. The molecule has 0 saturated heterocycles. The van der Waals surface area contributed by atoms with E-state index in [4.69, 9.17) is 0 Å². The molecule has 0 spiro atoms. The molecule has 0 amide bonds. The van der Waals surface area contributed by atoms with E-state index in [1.807, 2.05) is 23.5 Å². The van der Waals surface area contributed by atoms with Crippen LogP contribution in [0.3, 0.4) is 0 Å².